The van der Waals surface area contributed by atoms with Gasteiger partial charge in [0.1, 0.15) is 0 Å². The Morgan fingerprint density at radius 2 is 1.90 bits per heavy atom. The van der Waals surface area contributed by atoms with E-state index in [0.29, 0.717) is 4.48 Å². The summed E-state index contributed by atoms with van der Waals surface area (Å²) < 4.78 is 0.543. The predicted octanol–water partition coefficient (Wildman–Crippen LogP) is 4.33. The predicted molar refractivity (Wildman–Crippen MR) is 93.0 cm³/mol. The largest absolute Gasteiger partial charge is 0.372 e. The van der Waals surface area contributed by atoms with E-state index in [9.17, 15) is 4.79 Å². The van der Waals surface area contributed by atoms with E-state index in [0.717, 1.165) is 30.1 Å². The lowest BCUT2D eigenvalue weighted by Crippen LogP contribution is -2.21. The fourth-order valence-corrected chi connectivity index (χ4v) is 2.62. The first kappa shape index (κ1) is 15.7. The lowest BCUT2D eigenvalue weighted by atomic mass is 10.1. The molecule has 0 radical (unpaired) electrons. The second kappa shape index (κ2) is 6.85. The Morgan fingerprint density at radius 3 is 2.48 bits per heavy atom. The molecule has 1 aliphatic carbocycles. The van der Waals surface area contributed by atoms with Gasteiger partial charge in [0.05, 0.1) is 15.9 Å². The number of ketones is 1. The second-order valence-electron chi connectivity index (χ2n) is 4.87. The number of nitrogens with zero attached hydrogens (tertiary/aromatic N) is 2. The van der Waals surface area contributed by atoms with Crippen molar-refractivity contribution < 1.29 is 4.79 Å². The van der Waals surface area contributed by atoms with E-state index >= 15 is 0 Å². The Labute approximate surface area is 134 Å². The molecular formula is C17H19BrN2O. The second-order valence-corrected chi connectivity index (χ2v) is 5.72. The number of anilines is 1. The van der Waals surface area contributed by atoms with Gasteiger partial charge >= 0.3 is 0 Å². The number of halogens is 1. The fraction of sp³-hybridized carbons (Fsp3) is 0.294. The van der Waals surface area contributed by atoms with E-state index < -0.39 is 0 Å². The van der Waals surface area contributed by atoms with Crippen LogP contribution in [-0.4, -0.2) is 24.6 Å². The van der Waals surface area contributed by atoms with Crippen LogP contribution in [-0.2, 0) is 4.79 Å². The highest BCUT2D eigenvalue weighted by Crippen LogP contribution is 2.26. The summed E-state index contributed by atoms with van der Waals surface area (Å²) in [7, 11) is 0. The maximum Gasteiger partial charge on any atom is 0.192 e. The molecule has 0 amide bonds. The highest BCUT2D eigenvalue weighted by Gasteiger charge is 2.10. The third-order valence-electron chi connectivity index (χ3n) is 3.47. The van der Waals surface area contributed by atoms with Crippen LogP contribution in [0.15, 0.2) is 45.9 Å². The van der Waals surface area contributed by atoms with Crippen molar-refractivity contribution in [3.8, 4) is 0 Å². The molecule has 0 aliphatic heterocycles. The molecule has 4 heteroatoms. The molecule has 0 atom stereocenters. The van der Waals surface area contributed by atoms with Gasteiger partial charge in [-0.2, -0.15) is 0 Å². The molecule has 3 nitrogen and oxygen atoms in total. The van der Waals surface area contributed by atoms with Gasteiger partial charge in [0.25, 0.3) is 0 Å². The quantitative estimate of drug-likeness (QED) is 0.760. The third kappa shape index (κ3) is 3.70. The summed E-state index contributed by atoms with van der Waals surface area (Å²) in [5.41, 5.74) is 4.05. The Morgan fingerprint density at radius 1 is 1.19 bits per heavy atom. The zero-order chi connectivity index (χ0) is 15.4. The molecule has 0 unspecified atom stereocenters. The number of hydrogen-bond acceptors (Lipinski definition) is 3. The van der Waals surface area contributed by atoms with E-state index in [1.54, 1.807) is 12.2 Å². The first-order valence-electron chi connectivity index (χ1n) is 7.09. The van der Waals surface area contributed by atoms with Crippen LogP contribution in [0.5, 0.6) is 0 Å². The van der Waals surface area contributed by atoms with Crippen LogP contribution in [0.3, 0.4) is 0 Å². The van der Waals surface area contributed by atoms with Gasteiger partial charge in [-0.05, 0) is 78.7 Å². The van der Waals surface area contributed by atoms with Crippen LogP contribution >= 0.6 is 15.9 Å². The van der Waals surface area contributed by atoms with Gasteiger partial charge in [-0.3, -0.25) is 4.79 Å². The highest BCUT2D eigenvalue weighted by molar-refractivity contribution is 9.12. The van der Waals surface area contributed by atoms with Crippen molar-refractivity contribution >= 4 is 38.8 Å². The van der Waals surface area contributed by atoms with E-state index in [-0.39, 0.29) is 5.78 Å². The maximum atomic E-state index is 11.4. The zero-order valence-corrected chi connectivity index (χ0v) is 14.1. The van der Waals surface area contributed by atoms with Crippen LogP contribution in [0.1, 0.15) is 19.4 Å². The molecule has 0 heterocycles. The number of carbonyl (C=O) groups excluding carboxylic acids is 1. The van der Waals surface area contributed by atoms with Crippen LogP contribution in [0.2, 0.25) is 0 Å². The van der Waals surface area contributed by atoms with Crippen molar-refractivity contribution in [2.75, 3.05) is 18.0 Å². The number of rotatable bonds is 4. The summed E-state index contributed by atoms with van der Waals surface area (Å²) in [6.07, 6.45) is 5.02. The number of hydrogen-bond donors (Lipinski definition) is 0. The fourth-order valence-electron chi connectivity index (χ4n) is 2.25. The standard InChI is InChI=1S/C17H19BrN2O/c1-4-20(5-2)14-7-8-16(12(3)10-14)19-13-6-9-17(21)15(18)11-13/h6-11H,4-5H2,1-3H3. The SMILES string of the molecule is CCN(CC)c1ccc(N=C2C=CC(=O)C(Br)=C2)c(C)c1. The number of benzene rings is 1. The summed E-state index contributed by atoms with van der Waals surface area (Å²) in [5.74, 6) is -0.0254. The molecule has 1 aromatic carbocycles. The lowest BCUT2D eigenvalue weighted by molar-refractivity contribution is -0.110. The van der Waals surface area contributed by atoms with Gasteiger partial charge in [0.2, 0.25) is 0 Å². The first-order chi connectivity index (χ1) is 10.0. The van der Waals surface area contributed by atoms with Crippen molar-refractivity contribution in [3.63, 3.8) is 0 Å². The maximum absolute atomic E-state index is 11.4. The van der Waals surface area contributed by atoms with Crippen molar-refractivity contribution in [1.82, 2.24) is 0 Å². The van der Waals surface area contributed by atoms with Gasteiger partial charge in [-0.15, -0.1) is 0 Å². The summed E-state index contributed by atoms with van der Waals surface area (Å²) in [6.45, 7) is 8.34. The highest BCUT2D eigenvalue weighted by atomic mass is 79.9. The summed E-state index contributed by atoms with van der Waals surface area (Å²) >= 11 is 3.25. The minimum atomic E-state index is -0.0254. The minimum absolute atomic E-state index is 0.0254. The average Bonchev–Trinajstić information content (AvgIpc) is 2.47. The topological polar surface area (TPSA) is 32.7 Å². The Bertz CT molecular complexity index is 640. The normalized spacial score (nSPS) is 16.3. The van der Waals surface area contributed by atoms with Crippen LogP contribution < -0.4 is 4.90 Å². The summed E-state index contributed by atoms with van der Waals surface area (Å²) in [4.78, 5) is 18.3. The van der Waals surface area contributed by atoms with E-state index in [4.69, 9.17) is 0 Å². The van der Waals surface area contributed by atoms with Crippen LogP contribution in [0, 0.1) is 6.92 Å². The summed E-state index contributed by atoms with van der Waals surface area (Å²) in [5, 5.41) is 0. The van der Waals surface area contributed by atoms with Crippen LogP contribution in [0.25, 0.3) is 0 Å². The molecule has 0 saturated carbocycles. The molecule has 0 N–H and O–H groups in total. The molecule has 1 aliphatic rings. The van der Waals surface area contributed by atoms with E-state index in [1.807, 2.05) is 6.07 Å². The van der Waals surface area contributed by atoms with Crippen molar-refractivity contribution in [2.45, 2.75) is 20.8 Å². The average molecular weight is 347 g/mol. The molecule has 0 aromatic heterocycles. The Hall–Kier alpha value is -1.68. The molecule has 0 fully saturated rings. The number of carbonyl (C=O) groups is 1. The summed E-state index contributed by atoms with van der Waals surface area (Å²) in [6, 6.07) is 6.28. The van der Waals surface area contributed by atoms with Gasteiger partial charge in [-0.1, -0.05) is 0 Å². The molecule has 0 saturated heterocycles. The number of aliphatic imine (C=N–C) groups is 1. The smallest absolute Gasteiger partial charge is 0.192 e. The van der Waals surface area contributed by atoms with Gasteiger partial charge in [0, 0.05) is 18.8 Å². The molecule has 0 bridgehead atoms. The van der Waals surface area contributed by atoms with Crippen LogP contribution in [0.4, 0.5) is 11.4 Å². The molecule has 1 aromatic rings. The first-order valence-corrected chi connectivity index (χ1v) is 7.88. The minimum Gasteiger partial charge on any atom is -0.372 e. The third-order valence-corrected chi connectivity index (χ3v) is 4.09. The Kier molecular flexibility index (Phi) is 5.12. The lowest BCUT2D eigenvalue weighted by Gasteiger charge is -2.21. The van der Waals surface area contributed by atoms with Crippen molar-refractivity contribution in [3.05, 3.63) is 46.5 Å². The zero-order valence-electron chi connectivity index (χ0n) is 12.6. The molecule has 0 spiro atoms. The van der Waals surface area contributed by atoms with Gasteiger partial charge < -0.3 is 4.90 Å². The number of allylic oxidation sites excluding steroid dienone is 4. The monoisotopic (exact) mass is 346 g/mol. The molecular weight excluding hydrogens is 328 g/mol. The van der Waals surface area contributed by atoms with Gasteiger partial charge in [-0.25, -0.2) is 4.99 Å². The van der Waals surface area contributed by atoms with Crippen molar-refractivity contribution in [1.29, 1.82) is 0 Å². The van der Waals surface area contributed by atoms with Gasteiger partial charge in [0.15, 0.2) is 5.78 Å². The molecule has 21 heavy (non-hydrogen) atoms. The molecule has 110 valence electrons. The van der Waals surface area contributed by atoms with E-state index in [2.05, 4.69) is 58.7 Å². The van der Waals surface area contributed by atoms with Crippen molar-refractivity contribution in [2.24, 2.45) is 4.99 Å². The van der Waals surface area contributed by atoms with E-state index in [1.165, 1.54) is 11.8 Å². The Balaban J connectivity index is 2.30. The molecule has 2 rings (SSSR count). The number of aryl methyl sites for hydroxylation is 1.